The van der Waals surface area contributed by atoms with Crippen LogP contribution in [0.4, 0.5) is 0 Å². The fourth-order valence-electron chi connectivity index (χ4n) is 2.59. The van der Waals surface area contributed by atoms with Gasteiger partial charge in [-0.05, 0) is 17.5 Å². The summed E-state index contributed by atoms with van der Waals surface area (Å²) in [6.45, 7) is 0.885. The lowest BCUT2D eigenvalue weighted by Gasteiger charge is -2.16. The molecule has 68 valence electrons. The summed E-state index contributed by atoms with van der Waals surface area (Å²) in [5, 5.41) is 2.01. The van der Waals surface area contributed by atoms with Crippen molar-refractivity contribution in [3.05, 3.63) is 35.4 Å². The van der Waals surface area contributed by atoms with E-state index in [2.05, 4.69) is 24.3 Å². The molecule has 2 nitrogen and oxygen atoms in total. The molecular weight excluding hydrogens is 162 g/mol. The van der Waals surface area contributed by atoms with Crippen LogP contribution in [0.25, 0.3) is 0 Å². The number of fused-ring (bicyclic) bond motifs is 3. The van der Waals surface area contributed by atoms with Gasteiger partial charge in [-0.25, -0.2) is 0 Å². The van der Waals surface area contributed by atoms with Crippen molar-refractivity contribution in [1.29, 1.82) is 0 Å². The van der Waals surface area contributed by atoms with Gasteiger partial charge in [-0.1, -0.05) is 24.3 Å². The van der Waals surface area contributed by atoms with Crippen molar-refractivity contribution >= 4 is 0 Å². The topological polar surface area (TPSA) is 12.5 Å². The van der Waals surface area contributed by atoms with Crippen LogP contribution < -0.4 is 0 Å². The first-order valence-corrected chi connectivity index (χ1v) is 4.80. The smallest absolute Gasteiger partial charge is 0.0735 e. The van der Waals surface area contributed by atoms with Crippen LogP contribution in [-0.4, -0.2) is 18.7 Å². The Morgan fingerprint density at radius 1 is 1.38 bits per heavy atom. The highest BCUT2D eigenvalue weighted by atomic mass is 16.7. The predicted molar refractivity (Wildman–Crippen MR) is 50.1 cm³/mol. The molecule has 2 aliphatic rings. The summed E-state index contributed by atoms with van der Waals surface area (Å²) in [6.07, 6.45) is 1.19. The average Bonchev–Trinajstić information content (AvgIpc) is 2.66. The van der Waals surface area contributed by atoms with Crippen LogP contribution in [0, 0.1) is 5.92 Å². The van der Waals surface area contributed by atoms with Gasteiger partial charge in [0, 0.05) is 13.0 Å². The van der Waals surface area contributed by atoms with Gasteiger partial charge in [-0.2, -0.15) is 5.06 Å². The lowest BCUT2D eigenvalue weighted by molar-refractivity contribution is -0.110. The van der Waals surface area contributed by atoms with Crippen molar-refractivity contribution in [2.24, 2.45) is 5.92 Å². The van der Waals surface area contributed by atoms with Crippen LogP contribution in [0.2, 0.25) is 0 Å². The third-order valence-corrected chi connectivity index (χ3v) is 3.19. The Bertz CT molecular complexity index is 337. The predicted octanol–water partition coefficient (Wildman–Crippen LogP) is 1.78. The monoisotopic (exact) mass is 175 g/mol. The maximum atomic E-state index is 5.51. The number of rotatable bonds is 0. The molecule has 1 saturated heterocycles. The zero-order valence-electron chi connectivity index (χ0n) is 7.73. The van der Waals surface area contributed by atoms with Crippen LogP contribution in [0.5, 0.6) is 0 Å². The van der Waals surface area contributed by atoms with E-state index in [1.54, 1.807) is 0 Å². The summed E-state index contributed by atoms with van der Waals surface area (Å²) >= 11 is 0. The van der Waals surface area contributed by atoms with E-state index in [4.69, 9.17) is 4.84 Å². The Balaban J connectivity index is 2.08. The molecule has 0 aromatic heterocycles. The molecule has 2 heteroatoms. The van der Waals surface area contributed by atoms with E-state index in [0.717, 1.165) is 6.61 Å². The molecule has 0 radical (unpaired) electrons. The molecule has 0 spiro atoms. The number of hydrogen-bond donors (Lipinski definition) is 0. The van der Waals surface area contributed by atoms with Gasteiger partial charge in [0.25, 0.3) is 0 Å². The van der Waals surface area contributed by atoms with Gasteiger partial charge in [-0.15, -0.1) is 0 Å². The van der Waals surface area contributed by atoms with Crippen LogP contribution >= 0.6 is 0 Å². The lowest BCUT2D eigenvalue weighted by Crippen LogP contribution is -2.16. The van der Waals surface area contributed by atoms with E-state index < -0.39 is 0 Å². The van der Waals surface area contributed by atoms with Crippen molar-refractivity contribution in [3.63, 3.8) is 0 Å². The zero-order valence-corrected chi connectivity index (χ0v) is 7.73. The summed E-state index contributed by atoms with van der Waals surface area (Å²) in [7, 11) is 2.03. The number of hydrogen-bond acceptors (Lipinski definition) is 2. The Morgan fingerprint density at radius 2 is 2.23 bits per heavy atom. The molecule has 13 heavy (non-hydrogen) atoms. The van der Waals surface area contributed by atoms with E-state index in [9.17, 15) is 0 Å². The first kappa shape index (κ1) is 7.54. The summed E-state index contributed by atoms with van der Waals surface area (Å²) in [6, 6.07) is 9.22. The van der Waals surface area contributed by atoms with Gasteiger partial charge in [0.1, 0.15) is 0 Å². The second kappa shape index (κ2) is 2.56. The molecule has 1 unspecified atom stereocenters. The largest absolute Gasteiger partial charge is 0.298 e. The maximum Gasteiger partial charge on any atom is 0.0735 e. The SMILES string of the molecule is CN1OCC2Cc3ccccc3[C@H]21. The Morgan fingerprint density at radius 3 is 3.15 bits per heavy atom. The van der Waals surface area contributed by atoms with Gasteiger partial charge in [-0.3, -0.25) is 4.84 Å². The summed E-state index contributed by atoms with van der Waals surface area (Å²) in [4.78, 5) is 5.51. The Labute approximate surface area is 78.1 Å². The normalized spacial score (nSPS) is 31.8. The molecule has 1 aromatic carbocycles. The lowest BCUT2D eigenvalue weighted by atomic mass is 10.0. The molecule has 1 aromatic rings. The molecular formula is C11H13NO. The van der Waals surface area contributed by atoms with Crippen molar-refractivity contribution in [3.8, 4) is 0 Å². The molecule has 0 bridgehead atoms. The first-order valence-electron chi connectivity index (χ1n) is 4.80. The summed E-state index contributed by atoms with van der Waals surface area (Å²) in [5.74, 6) is 0.683. The van der Waals surface area contributed by atoms with Crippen molar-refractivity contribution in [2.75, 3.05) is 13.7 Å². The Kier molecular flexibility index (Phi) is 1.49. The summed E-state index contributed by atoms with van der Waals surface area (Å²) < 4.78 is 0. The van der Waals surface area contributed by atoms with Crippen molar-refractivity contribution in [1.82, 2.24) is 5.06 Å². The van der Waals surface area contributed by atoms with E-state index in [1.165, 1.54) is 17.5 Å². The molecule has 0 amide bonds. The number of nitrogens with zero attached hydrogens (tertiary/aromatic N) is 1. The number of hydroxylamine groups is 2. The van der Waals surface area contributed by atoms with E-state index in [0.29, 0.717) is 12.0 Å². The minimum atomic E-state index is 0.510. The van der Waals surface area contributed by atoms with Gasteiger partial charge in [0.15, 0.2) is 0 Å². The van der Waals surface area contributed by atoms with E-state index in [1.807, 2.05) is 12.1 Å². The molecule has 1 fully saturated rings. The molecule has 1 aliphatic carbocycles. The van der Waals surface area contributed by atoms with Crippen LogP contribution in [0.1, 0.15) is 17.2 Å². The van der Waals surface area contributed by atoms with Crippen molar-refractivity contribution < 1.29 is 4.84 Å². The quantitative estimate of drug-likeness (QED) is 0.596. The second-order valence-corrected chi connectivity index (χ2v) is 3.95. The first-order chi connectivity index (χ1) is 6.36. The molecule has 1 heterocycles. The molecule has 0 N–H and O–H groups in total. The number of benzene rings is 1. The highest BCUT2D eigenvalue weighted by Crippen LogP contribution is 2.43. The minimum Gasteiger partial charge on any atom is -0.298 e. The van der Waals surface area contributed by atoms with Crippen LogP contribution in [-0.2, 0) is 11.3 Å². The van der Waals surface area contributed by atoms with Crippen LogP contribution in [0.3, 0.4) is 0 Å². The fourth-order valence-corrected chi connectivity index (χ4v) is 2.59. The van der Waals surface area contributed by atoms with Crippen LogP contribution in [0.15, 0.2) is 24.3 Å². The van der Waals surface area contributed by atoms with Gasteiger partial charge in [0.2, 0.25) is 0 Å². The zero-order chi connectivity index (χ0) is 8.84. The second-order valence-electron chi connectivity index (χ2n) is 3.95. The van der Waals surface area contributed by atoms with E-state index in [-0.39, 0.29) is 0 Å². The standard InChI is InChI=1S/C11H13NO/c1-12-11-9(7-13-12)6-8-4-2-3-5-10(8)11/h2-5,9,11H,6-7H2,1H3/t9?,11-/m0/s1. The van der Waals surface area contributed by atoms with E-state index >= 15 is 0 Å². The van der Waals surface area contributed by atoms with Crippen molar-refractivity contribution in [2.45, 2.75) is 12.5 Å². The molecule has 0 saturated carbocycles. The molecule has 1 aliphatic heterocycles. The van der Waals surface area contributed by atoms with Gasteiger partial charge in [0.05, 0.1) is 12.6 Å². The third-order valence-electron chi connectivity index (χ3n) is 3.19. The highest BCUT2D eigenvalue weighted by molar-refractivity contribution is 5.36. The summed E-state index contributed by atoms with van der Waals surface area (Å²) in [5.41, 5.74) is 2.97. The fraction of sp³-hybridized carbons (Fsp3) is 0.455. The van der Waals surface area contributed by atoms with Gasteiger partial charge < -0.3 is 0 Å². The third kappa shape index (κ3) is 0.960. The average molecular weight is 175 g/mol. The highest BCUT2D eigenvalue weighted by Gasteiger charge is 2.40. The molecule has 2 atom stereocenters. The minimum absolute atomic E-state index is 0.510. The Hall–Kier alpha value is -0.860. The maximum absolute atomic E-state index is 5.51. The van der Waals surface area contributed by atoms with Gasteiger partial charge >= 0.3 is 0 Å². The molecule has 3 rings (SSSR count).